The van der Waals surface area contributed by atoms with E-state index in [0.717, 1.165) is 0 Å². The summed E-state index contributed by atoms with van der Waals surface area (Å²) in [7, 11) is 1.41. The molecule has 0 spiro atoms. The molecule has 0 heterocycles. The normalized spacial score (nSPS) is 11.6. The molecule has 12 heavy (non-hydrogen) atoms. The van der Waals surface area contributed by atoms with E-state index in [1.165, 1.54) is 6.07 Å². The van der Waals surface area contributed by atoms with Gasteiger partial charge in [0.25, 0.3) is 9.05 Å². The van der Waals surface area contributed by atoms with Crippen LogP contribution in [0.25, 0.3) is 0 Å². The lowest BCUT2D eigenvalue weighted by atomic mass is 10.2. The summed E-state index contributed by atoms with van der Waals surface area (Å²) in [4.78, 5) is -0.0363. The maximum atomic E-state index is 10.9. The summed E-state index contributed by atoms with van der Waals surface area (Å²) in [5.41, 5.74) is 0.693. The van der Waals surface area contributed by atoms with Crippen molar-refractivity contribution in [2.75, 3.05) is 0 Å². The molecular weight excluding hydrogens is 219 g/mol. The van der Waals surface area contributed by atoms with E-state index < -0.39 is 9.05 Å². The smallest absolute Gasteiger partial charge is 0.207 e. The first-order chi connectivity index (χ1) is 5.43. The van der Waals surface area contributed by atoms with Crippen molar-refractivity contribution in [3.63, 3.8) is 0 Å². The highest BCUT2D eigenvalue weighted by Gasteiger charge is 2.14. The van der Waals surface area contributed by atoms with E-state index in [4.69, 9.17) is 22.3 Å². The molecule has 0 unspecified atom stereocenters. The Bertz CT molecular complexity index is 398. The molecule has 1 aromatic rings. The third-order valence-corrected chi connectivity index (χ3v) is 3.40. The minimum absolute atomic E-state index is 0.0363. The Kier molecular flexibility index (Phi) is 2.66. The zero-order valence-electron chi connectivity index (χ0n) is 6.21. The van der Waals surface area contributed by atoms with Gasteiger partial charge >= 0.3 is 0 Å². The van der Waals surface area contributed by atoms with Crippen molar-refractivity contribution in [1.29, 1.82) is 0 Å². The van der Waals surface area contributed by atoms with Crippen LogP contribution in [0.2, 0.25) is 5.02 Å². The van der Waals surface area contributed by atoms with Crippen LogP contribution in [0.15, 0.2) is 23.1 Å². The van der Waals surface area contributed by atoms with Gasteiger partial charge in [0.1, 0.15) is 4.90 Å². The van der Waals surface area contributed by atoms with E-state index in [9.17, 15) is 8.42 Å². The third-order valence-electron chi connectivity index (χ3n) is 1.42. The molecule has 2 nitrogen and oxygen atoms in total. The summed E-state index contributed by atoms with van der Waals surface area (Å²) in [6, 6.07) is 4.68. The molecule has 0 aliphatic heterocycles. The highest BCUT2D eigenvalue weighted by atomic mass is 35.7. The van der Waals surface area contributed by atoms with Crippen LogP contribution < -0.4 is 0 Å². The van der Waals surface area contributed by atoms with Crippen molar-refractivity contribution in [3.8, 4) is 0 Å². The average molecular weight is 225 g/mol. The van der Waals surface area contributed by atoms with Gasteiger partial charge in [-0.05, 0) is 18.6 Å². The van der Waals surface area contributed by atoms with Crippen molar-refractivity contribution in [2.24, 2.45) is 0 Å². The first kappa shape index (κ1) is 9.84. The summed E-state index contributed by atoms with van der Waals surface area (Å²) in [6.45, 7) is 1.72. The van der Waals surface area contributed by atoms with Crippen LogP contribution in [0.5, 0.6) is 0 Å². The molecule has 0 aliphatic rings. The highest BCUT2D eigenvalue weighted by Crippen LogP contribution is 2.26. The lowest BCUT2D eigenvalue weighted by molar-refractivity contribution is 0.609. The molecule has 1 aromatic carbocycles. The number of aryl methyl sites for hydroxylation is 1. The van der Waals surface area contributed by atoms with Crippen LogP contribution >= 0.6 is 22.3 Å². The van der Waals surface area contributed by atoms with E-state index >= 15 is 0 Å². The van der Waals surface area contributed by atoms with Gasteiger partial charge in [0, 0.05) is 10.7 Å². The SMILES string of the molecule is Cc1cccc(S(=O)(=O)Cl)c1Cl. The molecule has 0 saturated heterocycles. The predicted molar refractivity (Wildman–Crippen MR) is 49.2 cm³/mol. The zero-order chi connectivity index (χ0) is 9.35. The second kappa shape index (κ2) is 3.24. The lowest BCUT2D eigenvalue weighted by Crippen LogP contribution is -1.92. The topological polar surface area (TPSA) is 34.1 Å². The Morgan fingerprint density at radius 2 is 1.92 bits per heavy atom. The van der Waals surface area contributed by atoms with Crippen LogP contribution in [-0.2, 0) is 9.05 Å². The Balaban J connectivity index is 3.47. The minimum Gasteiger partial charge on any atom is -0.207 e. The first-order valence-corrected chi connectivity index (χ1v) is 5.81. The summed E-state index contributed by atoms with van der Waals surface area (Å²) < 4.78 is 21.8. The van der Waals surface area contributed by atoms with Gasteiger partial charge in [-0.15, -0.1) is 0 Å². The second-order valence-corrected chi connectivity index (χ2v) is 5.24. The molecule has 0 N–H and O–H groups in total. The fraction of sp³-hybridized carbons (Fsp3) is 0.143. The van der Waals surface area contributed by atoms with Crippen molar-refractivity contribution >= 4 is 31.3 Å². The summed E-state index contributed by atoms with van der Waals surface area (Å²) in [6.07, 6.45) is 0. The molecule has 0 atom stereocenters. The molecule has 0 radical (unpaired) electrons. The van der Waals surface area contributed by atoms with Crippen LogP contribution in [0.4, 0.5) is 0 Å². The Morgan fingerprint density at radius 3 is 2.33 bits per heavy atom. The van der Waals surface area contributed by atoms with E-state index in [1.807, 2.05) is 0 Å². The highest BCUT2D eigenvalue weighted by molar-refractivity contribution is 8.13. The number of halogens is 2. The van der Waals surface area contributed by atoms with Crippen molar-refractivity contribution < 1.29 is 8.42 Å². The quantitative estimate of drug-likeness (QED) is 0.688. The van der Waals surface area contributed by atoms with Crippen molar-refractivity contribution in [2.45, 2.75) is 11.8 Å². The maximum absolute atomic E-state index is 10.9. The molecule has 66 valence electrons. The fourth-order valence-corrected chi connectivity index (χ4v) is 2.36. The van der Waals surface area contributed by atoms with E-state index in [2.05, 4.69) is 0 Å². The Hall–Kier alpha value is -0.250. The summed E-state index contributed by atoms with van der Waals surface area (Å²) in [5.74, 6) is 0. The minimum atomic E-state index is -3.72. The number of hydrogen-bond donors (Lipinski definition) is 0. The second-order valence-electron chi connectivity index (χ2n) is 2.32. The monoisotopic (exact) mass is 224 g/mol. The summed E-state index contributed by atoms with van der Waals surface area (Å²) in [5, 5.41) is 0.188. The number of rotatable bonds is 1. The van der Waals surface area contributed by atoms with Gasteiger partial charge in [-0.1, -0.05) is 23.7 Å². The lowest BCUT2D eigenvalue weighted by Gasteiger charge is -2.01. The third kappa shape index (κ3) is 1.91. The Labute approximate surface area is 80.5 Å². The maximum Gasteiger partial charge on any atom is 0.262 e. The molecule has 0 aromatic heterocycles. The van der Waals surface area contributed by atoms with Gasteiger partial charge < -0.3 is 0 Å². The zero-order valence-corrected chi connectivity index (χ0v) is 8.54. The molecule has 0 saturated carbocycles. The van der Waals surface area contributed by atoms with Crippen LogP contribution in [-0.4, -0.2) is 8.42 Å². The predicted octanol–water partition coefficient (Wildman–Crippen LogP) is 2.58. The van der Waals surface area contributed by atoms with Gasteiger partial charge in [0.2, 0.25) is 0 Å². The van der Waals surface area contributed by atoms with Gasteiger partial charge in [-0.2, -0.15) is 0 Å². The van der Waals surface area contributed by atoms with Gasteiger partial charge in [-0.3, -0.25) is 0 Å². The average Bonchev–Trinajstić information content (AvgIpc) is 1.92. The van der Waals surface area contributed by atoms with Crippen LogP contribution in [0, 0.1) is 6.92 Å². The van der Waals surface area contributed by atoms with Crippen molar-refractivity contribution in [3.05, 3.63) is 28.8 Å². The van der Waals surface area contributed by atoms with Crippen molar-refractivity contribution in [1.82, 2.24) is 0 Å². The van der Waals surface area contributed by atoms with Crippen LogP contribution in [0.1, 0.15) is 5.56 Å². The van der Waals surface area contributed by atoms with E-state index in [-0.39, 0.29) is 9.92 Å². The first-order valence-electron chi connectivity index (χ1n) is 3.12. The van der Waals surface area contributed by atoms with Gasteiger partial charge in [-0.25, -0.2) is 8.42 Å². The van der Waals surface area contributed by atoms with E-state index in [1.54, 1.807) is 19.1 Å². The van der Waals surface area contributed by atoms with Gasteiger partial charge in [0.05, 0.1) is 5.02 Å². The molecular formula is C7H6Cl2O2S. The standard InChI is InChI=1S/C7H6Cl2O2S/c1-5-3-2-4-6(7(5)8)12(9,10)11/h2-4H,1H3. The molecule has 0 amide bonds. The molecule has 1 rings (SSSR count). The van der Waals surface area contributed by atoms with Crippen LogP contribution in [0.3, 0.4) is 0 Å². The molecule has 0 fully saturated rings. The Morgan fingerprint density at radius 1 is 1.33 bits per heavy atom. The summed E-state index contributed by atoms with van der Waals surface area (Å²) >= 11 is 5.71. The number of benzene rings is 1. The van der Waals surface area contributed by atoms with Gasteiger partial charge in [0.15, 0.2) is 0 Å². The number of hydrogen-bond acceptors (Lipinski definition) is 2. The fourth-order valence-electron chi connectivity index (χ4n) is 0.809. The largest absolute Gasteiger partial charge is 0.262 e. The molecule has 0 aliphatic carbocycles. The molecule has 0 bridgehead atoms. The van der Waals surface area contributed by atoms with E-state index in [0.29, 0.717) is 5.56 Å². The molecule has 5 heteroatoms.